The standard InChI is InChI=1S/C17H18N2O3/c1-12(2)22-16(20)13-8-10-15(11-9-13)19-17(21)18-14-6-4-3-5-7-14/h3-12H,1-2H3,(H2,18,19,21). The summed E-state index contributed by atoms with van der Waals surface area (Å²) >= 11 is 0. The minimum Gasteiger partial charge on any atom is -0.459 e. The van der Waals surface area contributed by atoms with Crippen LogP contribution in [0.15, 0.2) is 54.6 Å². The average Bonchev–Trinajstić information content (AvgIpc) is 2.48. The van der Waals surface area contributed by atoms with Gasteiger partial charge in [0.15, 0.2) is 0 Å². The lowest BCUT2D eigenvalue weighted by atomic mass is 10.2. The number of ether oxygens (including phenoxy) is 1. The van der Waals surface area contributed by atoms with Gasteiger partial charge >= 0.3 is 12.0 Å². The van der Waals surface area contributed by atoms with Gasteiger partial charge in [0.2, 0.25) is 0 Å². The van der Waals surface area contributed by atoms with E-state index in [1.807, 2.05) is 18.2 Å². The van der Waals surface area contributed by atoms with Crippen LogP contribution in [0.2, 0.25) is 0 Å². The van der Waals surface area contributed by atoms with Crippen LogP contribution >= 0.6 is 0 Å². The summed E-state index contributed by atoms with van der Waals surface area (Å²) in [6.45, 7) is 3.59. The fraction of sp³-hybridized carbons (Fsp3) is 0.176. The molecule has 22 heavy (non-hydrogen) atoms. The molecule has 0 fully saturated rings. The molecule has 0 bridgehead atoms. The second-order valence-corrected chi connectivity index (χ2v) is 4.98. The topological polar surface area (TPSA) is 67.4 Å². The summed E-state index contributed by atoms with van der Waals surface area (Å²) in [7, 11) is 0. The maximum absolute atomic E-state index is 11.8. The van der Waals surface area contributed by atoms with Crippen LogP contribution in [0.4, 0.5) is 16.2 Å². The Morgan fingerprint density at radius 2 is 1.41 bits per heavy atom. The molecule has 0 unspecified atom stereocenters. The Balaban J connectivity index is 1.93. The summed E-state index contributed by atoms with van der Waals surface area (Å²) in [5.74, 6) is -0.379. The van der Waals surface area contributed by atoms with Crippen LogP contribution in [0.3, 0.4) is 0 Å². The molecule has 0 aliphatic carbocycles. The molecule has 0 atom stereocenters. The van der Waals surface area contributed by atoms with Crippen LogP contribution in [-0.4, -0.2) is 18.1 Å². The molecule has 0 saturated carbocycles. The number of anilines is 2. The van der Waals surface area contributed by atoms with Gasteiger partial charge in [-0.1, -0.05) is 18.2 Å². The van der Waals surface area contributed by atoms with Crippen molar-refractivity contribution in [3.63, 3.8) is 0 Å². The number of carbonyl (C=O) groups is 2. The monoisotopic (exact) mass is 298 g/mol. The Hall–Kier alpha value is -2.82. The van der Waals surface area contributed by atoms with Crippen molar-refractivity contribution in [3.05, 3.63) is 60.2 Å². The van der Waals surface area contributed by atoms with Gasteiger partial charge in [0, 0.05) is 11.4 Å². The molecule has 0 spiro atoms. The number of hydrogen-bond donors (Lipinski definition) is 2. The summed E-state index contributed by atoms with van der Waals surface area (Å²) in [6.07, 6.45) is -0.165. The van der Waals surface area contributed by atoms with Crippen molar-refractivity contribution in [2.75, 3.05) is 10.6 Å². The van der Waals surface area contributed by atoms with Gasteiger partial charge in [-0.2, -0.15) is 0 Å². The number of urea groups is 1. The molecule has 2 aromatic carbocycles. The largest absolute Gasteiger partial charge is 0.459 e. The van der Waals surface area contributed by atoms with Gasteiger partial charge in [-0.25, -0.2) is 9.59 Å². The van der Waals surface area contributed by atoms with Gasteiger partial charge in [0.25, 0.3) is 0 Å². The normalized spacial score (nSPS) is 10.1. The van der Waals surface area contributed by atoms with Crippen molar-refractivity contribution in [1.82, 2.24) is 0 Å². The predicted octanol–water partition coefficient (Wildman–Crippen LogP) is 3.90. The van der Waals surface area contributed by atoms with Crippen LogP contribution in [-0.2, 0) is 4.74 Å². The van der Waals surface area contributed by atoms with E-state index < -0.39 is 0 Å². The third-order valence-corrected chi connectivity index (χ3v) is 2.75. The second-order valence-electron chi connectivity index (χ2n) is 4.98. The number of esters is 1. The zero-order chi connectivity index (χ0) is 15.9. The highest BCUT2D eigenvalue weighted by atomic mass is 16.5. The molecule has 0 saturated heterocycles. The van der Waals surface area contributed by atoms with Gasteiger partial charge in [0.1, 0.15) is 0 Å². The maximum atomic E-state index is 11.8. The average molecular weight is 298 g/mol. The van der Waals surface area contributed by atoms with E-state index in [2.05, 4.69) is 10.6 Å². The van der Waals surface area contributed by atoms with E-state index in [0.717, 1.165) is 0 Å². The third kappa shape index (κ3) is 4.63. The first-order valence-corrected chi connectivity index (χ1v) is 6.98. The Morgan fingerprint density at radius 3 is 1.95 bits per heavy atom. The highest BCUT2D eigenvalue weighted by molar-refractivity contribution is 6.00. The summed E-state index contributed by atoms with van der Waals surface area (Å²) in [6, 6.07) is 15.3. The van der Waals surface area contributed by atoms with Crippen LogP contribution in [0.25, 0.3) is 0 Å². The molecule has 5 heteroatoms. The van der Waals surface area contributed by atoms with Crippen LogP contribution in [0.1, 0.15) is 24.2 Å². The second kappa shape index (κ2) is 7.26. The van der Waals surface area contributed by atoms with Crippen molar-refractivity contribution in [2.45, 2.75) is 20.0 Å². The fourth-order valence-electron chi connectivity index (χ4n) is 1.79. The molecule has 114 valence electrons. The highest BCUT2D eigenvalue weighted by Gasteiger charge is 2.09. The Morgan fingerprint density at radius 1 is 0.864 bits per heavy atom. The van der Waals surface area contributed by atoms with E-state index in [4.69, 9.17) is 4.74 Å². The Labute approximate surface area is 129 Å². The predicted molar refractivity (Wildman–Crippen MR) is 86.1 cm³/mol. The molecule has 0 heterocycles. The number of rotatable bonds is 4. The third-order valence-electron chi connectivity index (χ3n) is 2.75. The van der Waals surface area contributed by atoms with Crippen molar-refractivity contribution >= 4 is 23.4 Å². The van der Waals surface area contributed by atoms with E-state index in [1.165, 1.54) is 0 Å². The quantitative estimate of drug-likeness (QED) is 0.841. The summed E-state index contributed by atoms with van der Waals surface area (Å²) in [5.41, 5.74) is 1.74. The number of nitrogens with one attached hydrogen (secondary N) is 2. The molecule has 2 aromatic rings. The van der Waals surface area contributed by atoms with E-state index >= 15 is 0 Å². The minimum atomic E-state index is -0.379. The van der Waals surface area contributed by atoms with E-state index in [-0.39, 0.29) is 18.1 Å². The highest BCUT2D eigenvalue weighted by Crippen LogP contribution is 2.12. The molecule has 5 nitrogen and oxygen atoms in total. The first kappa shape index (κ1) is 15.6. The lowest BCUT2D eigenvalue weighted by molar-refractivity contribution is 0.0378. The van der Waals surface area contributed by atoms with Crippen molar-refractivity contribution in [1.29, 1.82) is 0 Å². The lowest BCUT2D eigenvalue weighted by Gasteiger charge is -2.09. The molecule has 2 amide bonds. The first-order chi connectivity index (χ1) is 10.5. The number of para-hydroxylation sites is 1. The molecule has 2 N–H and O–H groups in total. The van der Waals surface area contributed by atoms with Gasteiger partial charge in [-0.15, -0.1) is 0 Å². The van der Waals surface area contributed by atoms with E-state index in [0.29, 0.717) is 16.9 Å². The van der Waals surface area contributed by atoms with Gasteiger partial charge in [-0.05, 0) is 50.2 Å². The Kier molecular flexibility index (Phi) is 5.14. The maximum Gasteiger partial charge on any atom is 0.338 e. The fourth-order valence-corrected chi connectivity index (χ4v) is 1.79. The zero-order valence-electron chi connectivity index (χ0n) is 12.5. The van der Waals surface area contributed by atoms with Gasteiger partial charge < -0.3 is 15.4 Å². The smallest absolute Gasteiger partial charge is 0.338 e. The molecular formula is C17H18N2O3. The molecule has 0 aliphatic heterocycles. The SMILES string of the molecule is CC(C)OC(=O)c1ccc(NC(=O)Nc2ccccc2)cc1. The number of hydrogen-bond acceptors (Lipinski definition) is 3. The van der Waals surface area contributed by atoms with Gasteiger partial charge in [-0.3, -0.25) is 0 Å². The molecule has 0 radical (unpaired) electrons. The van der Waals surface area contributed by atoms with Crippen molar-refractivity contribution < 1.29 is 14.3 Å². The van der Waals surface area contributed by atoms with Crippen LogP contribution in [0, 0.1) is 0 Å². The zero-order valence-corrected chi connectivity index (χ0v) is 12.5. The minimum absolute atomic E-state index is 0.165. The van der Waals surface area contributed by atoms with Crippen molar-refractivity contribution in [2.24, 2.45) is 0 Å². The molecule has 2 rings (SSSR count). The lowest BCUT2D eigenvalue weighted by Crippen LogP contribution is -2.19. The van der Waals surface area contributed by atoms with E-state index in [1.54, 1.807) is 50.2 Å². The summed E-state index contributed by atoms with van der Waals surface area (Å²) in [4.78, 5) is 23.5. The van der Waals surface area contributed by atoms with Gasteiger partial charge in [0.05, 0.1) is 11.7 Å². The number of benzene rings is 2. The van der Waals surface area contributed by atoms with Crippen LogP contribution < -0.4 is 10.6 Å². The van der Waals surface area contributed by atoms with Crippen molar-refractivity contribution in [3.8, 4) is 0 Å². The van der Waals surface area contributed by atoms with Crippen LogP contribution in [0.5, 0.6) is 0 Å². The summed E-state index contributed by atoms with van der Waals surface area (Å²) < 4.78 is 5.10. The number of carbonyl (C=O) groups excluding carboxylic acids is 2. The Bertz CT molecular complexity index is 637. The molecular weight excluding hydrogens is 280 g/mol. The van der Waals surface area contributed by atoms with E-state index in [9.17, 15) is 9.59 Å². The summed E-state index contributed by atoms with van der Waals surface area (Å²) in [5, 5.41) is 5.41. The first-order valence-electron chi connectivity index (χ1n) is 6.98. The molecule has 0 aliphatic rings. The molecule has 0 aromatic heterocycles. The number of amides is 2.